The average Bonchev–Trinajstić information content (AvgIpc) is 2.41. The van der Waals surface area contributed by atoms with Crippen LogP contribution in [0.15, 0.2) is 18.5 Å². The highest BCUT2D eigenvalue weighted by atomic mass is 16.5. The van der Waals surface area contributed by atoms with Crippen molar-refractivity contribution in [3.63, 3.8) is 0 Å². The number of nitrogens with zero attached hydrogens (tertiary/aromatic N) is 2. The fraction of sp³-hybridized carbons (Fsp3) is 0.267. The number of aromatic carboxylic acids is 1. The monoisotopic (exact) mass is 272 g/mol. The van der Waals surface area contributed by atoms with Gasteiger partial charge in [-0.2, -0.15) is 0 Å². The third-order valence-corrected chi connectivity index (χ3v) is 3.46. The van der Waals surface area contributed by atoms with Crippen LogP contribution < -0.4 is 4.74 Å². The Bertz CT molecular complexity index is 681. The number of carboxylic acids is 1. The van der Waals surface area contributed by atoms with Gasteiger partial charge in [0.1, 0.15) is 17.6 Å². The van der Waals surface area contributed by atoms with E-state index in [0.717, 1.165) is 22.4 Å². The molecule has 1 N–H and O–H groups in total. The van der Waals surface area contributed by atoms with Crippen LogP contribution in [0.4, 0.5) is 0 Å². The second-order valence-electron chi connectivity index (χ2n) is 4.55. The molecule has 0 aliphatic carbocycles. The maximum Gasteiger partial charge on any atom is 0.339 e. The van der Waals surface area contributed by atoms with Crippen molar-refractivity contribution in [2.24, 2.45) is 0 Å². The van der Waals surface area contributed by atoms with Crippen molar-refractivity contribution in [3.05, 3.63) is 40.8 Å². The van der Waals surface area contributed by atoms with Gasteiger partial charge in [0, 0.05) is 5.56 Å². The van der Waals surface area contributed by atoms with Crippen molar-refractivity contribution in [3.8, 4) is 17.0 Å². The van der Waals surface area contributed by atoms with Crippen LogP contribution in [-0.4, -0.2) is 28.2 Å². The second kappa shape index (κ2) is 5.28. The van der Waals surface area contributed by atoms with E-state index in [0.29, 0.717) is 11.4 Å². The molecular weight excluding hydrogens is 256 g/mol. The minimum absolute atomic E-state index is 0.139. The molecule has 0 unspecified atom stereocenters. The molecule has 1 aromatic carbocycles. The van der Waals surface area contributed by atoms with Gasteiger partial charge >= 0.3 is 5.97 Å². The van der Waals surface area contributed by atoms with E-state index in [-0.39, 0.29) is 5.56 Å². The van der Waals surface area contributed by atoms with Crippen LogP contribution in [0.5, 0.6) is 5.75 Å². The lowest BCUT2D eigenvalue weighted by Crippen LogP contribution is -2.07. The molecule has 5 nitrogen and oxygen atoms in total. The number of carboxylic acid groups (broad SMARTS) is 1. The molecule has 2 rings (SSSR count). The number of aryl methyl sites for hydroxylation is 1. The molecule has 0 bridgehead atoms. The van der Waals surface area contributed by atoms with Crippen molar-refractivity contribution in [2.75, 3.05) is 7.11 Å². The summed E-state index contributed by atoms with van der Waals surface area (Å²) in [6.45, 7) is 5.53. The number of hydrogen-bond acceptors (Lipinski definition) is 4. The first kappa shape index (κ1) is 14.0. The molecule has 0 saturated heterocycles. The first-order valence-electron chi connectivity index (χ1n) is 6.16. The standard InChI is InChI=1S/C15H16N2O3/c1-8-9(2)12(20-4)6-5-11(8)14-13(15(18)19)10(3)16-7-17-14/h5-7H,1-4H3,(H,18,19). The van der Waals surface area contributed by atoms with Crippen molar-refractivity contribution in [1.82, 2.24) is 9.97 Å². The molecule has 0 fully saturated rings. The largest absolute Gasteiger partial charge is 0.496 e. The summed E-state index contributed by atoms with van der Waals surface area (Å²) in [5.74, 6) is -0.250. The minimum Gasteiger partial charge on any atom is -0.496 e. The van der Waals surface area contributed by atoms with Gasteiger partial charge in [-0.05, 0) is 44.0 Å². The second-order valence-corrected chi connectivity index (χ2v) is 4.55. The number of methoxy groups -OCH3 is 1. The predicted octanol–water partition coefficient (Wildman–Crippen LogP) is 2.78. The fourth-order valence-electron chi connectivity index (χ4n) is 2.21. The normalized spacial score (nSPS) is 10.4. The third kappa shape index (κ3) is 2.22. The van der Waals surface area contributed by atoms with Gasteiger partial charge in [0.2, 0.25) is 0 Å². The molecule has 0 spiro atoms. The van der Waals surface area contributed by atoms with E-state index in [1.54, 1.807) is 14.0 Å². The molecule has 0 atom stereocenters. The molecule has 1 heterocycles. The zero-order chi connectivity index (χ0) is 14.9. The van der Waals surface area contributed by atoms with Gasteiger partial charge in [-0.15, -0.1) is 0 Å². The summed E-state index contributed by atoms with van der Waals surface area (Å²) in [6.07, 6.45) is 1.39. The van der Waals surface area contributed by atoms with E-state index in [9.17, 15) is 9.90 Å². The lowest BCUT2D eigenvalue weighted by Gasteiger charge is -2.14. The Kier molecular flexibility index (Phi) is 3.70. The number of rotatable bonds is 3. The Morgan fingerprint density at radius 2 is 1.85 bits per heavy atom. The quantitative estimate of drug-likeness (QED) is 0.930. The molecule has 2 aromatic rings. The highest BCUT2D eigenvalue weighted by Crippen LogP contribution is 2.32. The Balaban J connectivity index is 2.73. The van der Waals surface area contributed by atoms with Crippen molar-refractivity contribution in [2.45, 2.75) is 20.8 Å². The van der Waals surface area contributed by atoms with Crippen molar-refractivity contribution >= 4 is 5.97 Å². The molecule has 0 amide bonds. The van der Waals surface area contributed by atoms with Gasteiger partial charge in [-0.1, -0.05) is 0 Å². The smallest absolute Gasteiger partial charge is 0.339 e. The first-order valence-corrected chi connectivity index (χ1v) is 6.16. The van der Waals surface area contributed by atoms with Gasteiger partial charge < -0.3 is 9.84 Å². The molecular formula is C15H16N2O3. The SMILES string of the molecule is COc1ccc(-c2ncnc(C)c2C(=O)O)c(C)c1C. The lowest BCUT2D eigenvalue weighted by molar-refractivity contribution is 0.0696. The van der Waals surface area contributed by atoms with Gasteiger partial charge in [0.05, 0.1) is 18.5 Å². The van der Waals surface area contributed by atoms with Crippen LogP contribution in [0.25, 0.3) is 11.3 Å². The van der Waals surface area contributed by atoms with Gasteiger partial charge in [0.15, 0.2) is 0 Å². The lowest BCUT2D eigenvalue weighted by atomic mass is 9.96. The minimum atomic E-state index is -1.02. The van der Waals surface area contributed by atoms with E-state index in [4.69, 9.17) is 4.74 Å². The molecule has 5 heteroatoms. The average molecular weight is 272 g/mol. The highest BCUT2D eigenvalue weighted by Gasteiger charge is 2.19. The molecule has 104 valence electrons. The van der Waals surface area contributed by atoms with Crippen LogP contribution >= 0.6 is 0 Å². The van der Waals surface area contributed by atoms with Crippen LogP contribution in [-0.2, 0) is 0 Å². The summed E-state index contributed by atoms with van der Waals surface area (Å²) >= 11 is 0. The molecule has 0 aliphatic heterocycles. The Hall–Kier alpha value is -2.43. The number of hydrogen-bond donors (Lipinski definition) is 1. The van der Waals surface area contributed by atoms with Crippen molar-refractivity contribution < 1.29 is 14.6 Å². The number of aromatic nitrogens is 2. The molecule has 0 radical (unpaired) electrons. The maximum absolute atomic E-state index is 11.4. The van der Waals surface area contributed by atoms with Gasteiger partial charge in [-0.25, -0.2) is 14.8 Å². The fourth-order valence-corrected chi connectivity index (χ4v) is 2.21. The van der Waals surface area contributed by atoms with Gasteiger partial charge in [-0.3, -0.25) is 0 Å². The third-order valence-electron chi connectivity index (χ3n) is 3.46. The molecule has 0 aliphatic rings. The van der Waals surface area contributed by atoms with E-state index in [1.807, 2.05) is 26.0 Å². The maximum atomic E-state index is 11.4. The topological polar surface area (TPSA) is 72.3 Å². The van der Waals surface area contributed by atoms with E-state index >= 15 is 0 Å². The van der Waals surface area contributed by atoms with Crippen LogP contribution in [0.2, 0.25) is 0 Å². The summed E-state index contributed by atoms with van der Waals surface area (Å²) in [5, 5.41) is 9.36. The zero-order valence-corrected chi connectivity index (χ0v) is 11.9. The summed E-state index contributed by atoms with van der Waals surface area (Å²) < 4.78 is 5.27. The number of ether oxygens (including phenoxy) is 1. The number of benzene rings is 1. The summed E-state index contributed by atoms with van der Waals surface area (Å²) in [4.78, 5) is 19.5. The Morgan fingerprint density at radius 1 is 1.15 bits per heavy atom. The molecule has 20 heavy (non-hydrogen) atoms. The number of carbonyl (C=O) groups is 1. The van der Waals surface area contributed by atoms with E-state index in [1.165, 1.54) is 6.33 Å². The molecule has 1 aromatic heterocycles. The van der Waals surface area contributed by atoms with Gasteiger partial charge in [0.25, 0.3) is 0 Å². The Labute approximate surface area is 117 Å². The predicted molar refractivity (Wildman–Crippen MR) is 75.2 cm³/mol. The summed E-state index contributed by atoms with van der Waals surface area (Å²) in [6, 6.07) is 3.65. The first-order chi connectivity index (χ1) is 9.47. The highest BCUT2D eigenvalue weighted by molar-refractivity contribution is 5.96. The zero-order valence-electron chi connectivity index (χ0n) is 11.9. The van der Waals surface area contributed by atoms with Crippen molar-refractivity contribution in [1.29, 1.82) is 0 Å². The van der Waals surface area contributed by atoms with Crippen LogP contribution in [0, 0.1) is 20.8 Å². The van der Waals surface area contributed by atoms with Crippen LogP contribution in [0.3, 0.4) is 0 Å². The van der Waals surface area contributed by atoms with E-state index in [2.05, 4.69) is 9.97 Å². The van der Waals surface area contributed by atoms with E-state index < -0.39 is 5.97 Å². The summed E-state index contributed by atoms with van der Waals surface area (Å²) in [5.41, 5.74) is 3.73. The Morgan fingerprint density at radius 3 is 2.45 bits per heavy atom. The summed E-state index contributed by atoms with van der Waals surface area (Å²) in [7, 11) is 1.61. The van der Waals surface area contributed by atoms with Crippen LogP contribution in [0.1, 0.15) is 27.2 Å². The molecule has 0 saturated carbocycles.